The fraction of sp³-hybridized carbons (Fsp3) is 0.500. The van der Waals surface area contributed by atoms with E-state index >= 15 is 0 Å². The zero-order valence-electron chi connectivity index (χ0n) is 12.3. The molecule has 0 spiro atoms. The number of carbonyl (C=O) groups is 1. The predicted octanol–water partition coefficient (Wildman–Crippen LogP) is 2.24. The van der Waals surface area contributed by atoms with Crippen LogP contribution in [0.2, 0.25) is 0 Å². The maximum atomic E-state index is 12.2. The average molecular weight is 267 g/mol. The van der Waals surface area contributed by atoms with E-state index < -0.39 is 0 Å². The van der Waals surface area contributed by atoms with Crippen molar-refractivity contribution < 1.29 is 19.0 Å². The molecule has 0 fully saturated rings. The molecule has 0 saturated heterocycles. The van der Waals surface area contributed by atoms with E-state index in [1.54, 1.807) is 12.1 Å². The molecule has 5 heteroatoms. The van der Waals surface area contributed by atoms with Crippen LogP contribution in [0.15, 0.2) is 12.1 Å². The third-order valence-electron chi connectivity index (χ3n) is 2.44. The van der Waals surface area contributed by atoms with Gasteiger partial charge in [-0.3, -0.25) is 4.79 Å². The number of rotatable bonds is 4. The van der Waals surface area contributed by atoms with Crippen LogP contribution in [0.25, 0.3) is 0 Å². The summed E-state index contributed by atoms with van der Waals surface area (Å²) in [6.45, 7) is 5.74. The third kappa shape index (κ3) is 3.77. The van der Waals surface area contributed by atoms with Crippen molar-refractivity contribution in [3.63, 3.8) is 0 Å². The number of carbonyl (C=O) groups excluding carboxylic acids is 1. The summed E-state index contributed by atoms with van der Waals surface area (Å²) in [4.78, 5) is 12.2. The lowest BCUT2D eigenvalue weighted by molar-refractivity contribution is 0.0916. The second kappa shape index (κ2) is 5.82. The summed E-state index contributed by atoms with van der Waals surface area (Å²) < 4.78 is 15.6. The number of hydrogen-bond donors (Lipinski definition) is 1. The topological polar surface area (TPSA) is 56.8 Å². The van der Waals surface area contributed by atoms with Gasteiger partial charge in [-0.05, 0) is 20.8 Å². The molecule has 1 rings (SSSR count). The average Bonchev–Trinajstić information content (AvgIpc) is 2.34. The molecule has 19 heavy (non-hydrogen) atoms. The summed E-state index contributed by atoms with van der Waals surface area (Å²) >= 11 is 0. The van der Waals surface area contributed by atoms with E-state index in [2.05, 4.69) is 5.32 Å². The van der Waals surface area contributed by atoms with Gasteiger partial charge in [0.1, 0.15) is 5.75 Å². The second-order valence-electron chi connectivity index (χ2n) is 5.11. The molecule has 106 valence electrons. The Bertz CT molecular complexity index is 463. The molecule has 0 unspecified atom stereocenters. The van der Waals surface area contributed by atoms with Gasteiger partial charge in [0.15, 0.2) is 11.5 Å². The number of ether oxygens (including phenoxy) is 3. The highest BCUT2D eigenvalue weighted by molar-refractivity contribution is 5.98. The van der Waals surface area contributed by atoms with Crippen LogP contribution in [0.5, 0.6) is 17.2 Å². The number of benzene rings is 1. The Hall–Kier alpha value is -1.91. The van der Waals surface area contributed by atoms with Crippen LogP contribution in [0.4, 0.5) is 0 Å². The molecule has 0 bridgehead atoms. The number of hydrogen-bond acceptors (Lipinski definition) is 4. The van der Waals surface area contributed by atoms with Crippen LogP contribution in [-0.4, -0.2) is 32.8 Å². The molecule has 1 aromatic rings. The van der Waals surface area contributed by atoms with Crippen molar-refractivity contribution in [3.8, 4) is 17.2 Å². The Morgan fingerprint density at radius 1 is 0.947 bits per heavy atom. The summed E-state index contributed by atoms with van der Waals surface area (Å²) in [5.41, 5.74) is 0.0880. The van der Waals surface area contributed by atoms with Crippen molar-refractivity contribution >= 4 is 5.91 Å². The van der Waals surface area contributed by atoms with E-state index in [0.717, 1.165) is 0 Å². The monoisotopic (exact) mass is 267 g/mol. The van der Waals surface area contributed by atoms with Crippen molar-refractivity contribution in [1.82, 2.24) is 5.32 Å². The molecular formula is C14H21NO4. The van der Waals surface area contributed by atoms with E-state index in [1.807, 2.05) is 20.8 Å². The van der Waals surface area contributed by atoms with Gasteiger partial charge in [0.05, 0.1) is 26.9 Å². The molecule has 0 aliphatic carbocycles. The standard InChI is InChI=1S/C14H21NO4/c1-14(2,3)15-13(16)9-7-11(18-5)12(19-6)8-10(9)17-4/h7-8H,1-6H3,(H,15,16). The third-order valence-corrected chi connectivity index (χ3v) is 2.44. The van der Waals surface area contributed by atoms with E-state index in [9.17, 15) is 4.79 Å². The van der Waals surface area contributed by atoms with Crippen LogP contribution >= 0.6 is 0 Å². The number of nitrogens with one attached hydrogen (secondary N) is 1. The second-order valence-corrected chi connectivity index (χ2v) is 5.11. The highest BCUT2D eigenvalue weighted by Gasteiger charge is 2.21. The van der Waals surface area contributed by atoms with E-state index in [0.29, 0.717) is 22.8 Å². The lowest BCUT2D eigenvalue weighted by atomic mass is 10.1. The van der Waals surface area contributed by atoms with Gasteiger partial charge < -0.3 is 19.5 Å². The van der Waals surface area contributed by atoms with Gasteiger partial charge in [-0.25, -0.2) is 0 Å². The fourth-order valence-corrected chi connectivity index (χ4v) is 1.61. The zero-order chi connectivity index (χ0) is 14.6. The molecule has 5 nitrogen and oxygen atoms in total. The highest BCUT2D eigenvalue weighted by atomic mass is 16.5. The van der Waals surface area contributed by atoms with Crippen molar-refractivity contribution in [1.29, 1.82) is 0 Å². The summed E-state index contributed by atoms with van der Waals surface area (Å²) in [6.07, 6.45) is 0. The molecule has 0 aromatic heterocycles. The molecule has 0 aliphatic heterocycles. The van der Waals surface area contributed by atoms with Gasteiger partial charge >= 0.3 is 0 Å². The van der Waals surface area contributed by atoms with Gasteiger partial charge in [-0.2, -0.15) is 0 Å². The zero-order valence-corrected chi connectivity index (χ0v) is 12.3. The van der Waals surface area contributed by atoms with Crippen LogP contribution < -0.4 is 19.5 Å². The molecule has 1 aromatic carbocycles. The van der Waals surface area contributed by atoms with Crippen LogP contribution in [0.1, 0.15) is 31.1 Å². The van der Waals surface area contributed by atoms with Crippen LogP contribution in [0, 0.1) is 0 Å². The Kier molecular flexibility index (Phi) is 4.64. The minimum Gasteiger partial charge on any atom is -0.496 e. The molecule has 1 amide bonds. The summed E-state index contributed by atoms with van der Waals surface area (Å²) in [5.74, 6) is 1.23. The fourth-order valence-electron chi connectivity index (χ4n) is 1.61. The number of methoxy groups -OCH3 is 3. The first-order valence-electron chi connectivity index (χ1n) is 5.95. The SMILES string of the molecule is COc1cc(OC)c(C(=O)NC(C)(C)C)cc1OC. The van der Waals surface area contributed by atoms with E-state index in [1.165, 1.54) is 21.3 Å². The first-order chi connectivity index (χ1) is 8.82. The van der Waals surface area contributed by atoms with Crippen molar-refractivity contribution in [3.05, 3.63) is 17.7 Å². The Morgan fingerprint density at radius 3 is 1.84 bits per heavy atom. The minimum atomic E-state index is -0.324. The molecule has 0 heterocycles. The van der Waals surface area contributed by atoms with E-state index in [-0.39, 0.29) is 11.4 Å². The summed E-state index contributed by atoms with van der Waals surface area (Å²) in [7, 11) is 4.57. The van der Waals surface area contributed by atoms with Gasteiger partial charge in [-0.1, -0.05) is 0 Å². The molecule has 0 atom stereocenters. The highest BCUT2D eigenvalue weighted by Crippen LogP contribution is 2.34. The lowest BCUT2D eigenvalue weighted by Crippen LogP contribution is -2.40. The first-order valence-corrected chi connectivity index (χ1v) is 5.95. The van der Waals surface area contributed by atoms with Crippen molar-refractivity contribution in [2.45, 2.75) is 26.3 Å². The lowest BCUT2D eigenvalue weighted by Gasteiger charge is -2.22. The molecule has 0 saturated carbocycles. The quantitative estimate of drug-likeness (QED) is 0.909. The maximum absolute atomic E-state index is 12.2. The van der Waals surface area contributed by atoms with Gasteiger partial charge in [0.2, 0.25) is 0 Å². The maximum Gasteiger partial charge on any atom is 0.255 e. The number of amides is 1. The van der Waals surface area contributed by atoms with Gasteiger partial charge in [0, 0.05) is 17.7 Å². The van der Waals surface area contributed by atoms with Crippen LogP contribution in [0.3, 0.4) is 0 Å². The molecule has 0 aliphatic rings. The Balaban J connectivity index is 3.22. The molecule has 1 N–H and O–H groups in total. The Morgan fingerprint density at radius 2 is 1.42 bits per heavy atom. The normalized spacial score (nSPS) is 10.8. The summed E-state index contributed by atoms with van der Waals surface area (Å²) in [5, 5.41) is 2.88. The largest absolute Gasteiger partial charge is 0.496 e. The van der Waals surface area contributed by atoms with Gasteiger partial charge in [-0.15, -0.1) is 0 Å². The Labute approximate surface area is 113 Å². The predicted molar refractivity (Wildman–Crippen MR) is 73.3 cm³/mol. The van der Waals surface area contributed by atoms with Crippen LogP contribution in [-0.2, 0) is 0 Å². The van der Waals surface area contributed by atoms with Crippen molar-refractivity contribution in [2.24, 2.45) is 0 Å². The van der Waals surface area contributed by atoms with Crippen molar-refractivity contribution in [2.75, 3.05) is 21.3 Å². The van der Waals surface area contributed by atoms with Gasteiger partial charge in [0.25, 0.3) is 5.91 Å². The van der Waals surface area contributed by atoms with E-state index in [4.69, 9.17) is 14.2 Å². The first kappa shape index (κ1) is 15.1. The molecular weight excluding hydrogens is 246 g/mol. The minimum absolute atomic E-state index is 0.217. The molecule has 0 radical (unpaired) electrons. The smallest absolute Gasteiger partial charge is 0.255 e. The summed E-state index contributed by atoms with van der Waals surface area (Å²) in [6, 6.07) is 3.25.